The first-order valence-corrected chi connectivity index (χ1v) is 22.2. The van der Waals surface area contributed by atoms with E-state index >= 15 is 0 Å². The van der Waals surface area contributed by atoms with Crippen LogP contribution >= 0.6 is 11.3 Å². The smallest absolute Gasteiger partial charge is 0.164 e. The molecule has 0 spiro atoms. The number of hydrogen-bond donors (Lipinski definition) is 0. The van der Waals surface area contributed by atoms with Crippen molar-refractivity contribution in [1.82, 2.24) is 19.5 Å². The minimum Gasteiger partial charge on any atom is -0.309 e. The Bertz CT molecular complexity index is 3700. The van der Waals surface area contributed by atoms with Crippen LogP contribution in [0.4, 0.5) is 0 Å². The highest BCUT2D eigenvalue weighted by Gasteiger charge is 2.46. The maximum absolute atomic E-state index is 5.24. The second-order valence-electron chi connectivity index (χ2n) is 16.3. The van der Waals surface area contributed by atoms with Crippen LogP contribution in [-0.2, 0) is 5.41 Å². The van der Waals surface area contributed by atoms with Gasteiger partial charge in [-0.05, 0) is 75.8 Å². The zero-order valence-corrected chi connectivity index (χ0v) is 34.8. The fourth-order valence-corrected chi connectivity index (χ4v) is 11.3. The molecule has 0 bridgehead atoms. The Morgan fingerprint density at radius 2 is 0.937 bits per heavy atom. The molecule has 3 aromatic heterocycles. The van der Waals surface area contributed by atoms with Gasteiger partial charge in [0, 0.05) is 53.3 Å². The maximum Gasteiger partial charge on any atom is 0.164 e. The minimum absolute atomic E-state index is 0.514. The molecule has 0 saturated carbocycles. The molecule has 0 amide bonds. The molecule has 12 aromatic rings. The molecule has 0 atom stereocenters. The lowest BCUT2D eigenvalue weighted by Crippen LogP contribution is -2.28. The molecular formula is C58H36N4S. The summed E-state index contributed by atoms with van der Waals surface area (Å²) < 4.78 is 4.91. The highest BCUT2D eigenvalue weighted by atomic mass is 32.1. The molecule has 3 heterocycles. The molecule has 0 N–H and O–H groups in total. The normalized spacial score (nSPS) is 12.9. The van der Waals surface area contributed by atoms with E-state index in [9.17, 15) is 0 Å². The lowest BCUT2D eigenvalue weighted by atomic mass is 9.67. The third kappa shape index (κ3) is 5.43. The topological polar surface area (TPSA) is 43.6 Å². The lowest BCUT2D eigenvalue weighted by molar-refractivity contribution is 0.769. The molecule has 0 saturated heterocycles. The van der Waals surface area contributed by atoms with Gasteiger partial charge in [-0.1, -0.05) is 176 Å². The Morgan fingerprint density at radius 3 is 1.70 bits per heavy atom. The summed E-state index contributed by atoms with van der Waals surface area (Å²) >= 11 is 1.80. The number of benzene rings is 9. The maximum atomic E-state index is 5.24. The van der Waals surface area contributed by atoms with Gasteiger partial charge in [0.2, 0.25) is 0 Å². The standard InChI is InChI=1S/C58H36N4S/c1-4-17-37(18-5-1)55-59-56(61-57(60-55)39-31-32-46-45-27-12-15-30-53(45)63-54(46)34-39)38-19-16-24-42(33-38)62-51-29-14-11-26-44(51)48-35-47-43-25-10-13-28-49(43)58(50(47)36-52(48)62,40-20-6-2-7-21-40)41-22-8-3-9-23-41/h1-36H. The lowest BCUT2D eigenvalue weighted by Gasteiger charge is -2.34. The molecular weight excluding hydrogens is 785 g/mol. The van der Waals surface area contributed by atoms with Crippen molar-refractivity contribution in [3.05, 3.63) is 241 Å². The quantitative estimate of drug-likeness (QED) is 0.168. The largest absolute Gasteiger partial charge is 0.309 e. The molecule has 0 aliphatic heterocycles. The van der Waals surface area contributed by atoms with Crippen molar-refractivity contribution in [2.75, 3.05) is 0 Å². The van der Waals surface area contributed by atoms with Gasteiger partial charge in [0.15, 0.2) is 17.5 Å². The number of aromatic nitrogens is 4. The van der Waals surface area contributed by atoms with E-state index in [1.165, 1.54) is 64.3 Å². The van der Waals surface area contributed by atoms with Gasteiger partial charge in [0.1, 0.15) is 0 Å². The van der Waals surface area contributed by atoms with Gasteiger partial charge in [0.25, 0.3) is 0 Å². The first kappa shape index (κ1) is 35.7. The second-order valence-corrected chi connectivity index (χ2v) is 17.4. The number of fused-ring (bicyclic) bond motifs is 9. The summed E-state index contributed by atoms with van der Waals surface area (Å²) in [5, 5.41) is 4.94. The molecule has 1 aliphatic carbocycles. The van der Waals surface area contributed by atoms with E-state index in [0.29, 0.717) is 17.5 Å². The summed E-state index contributed by atoms with van der Waals surface area (Å²) in [4.78, 5) is 15.5. The van der Waals surface area contributed by atoms with Crippen molar-refractivity contribution < 1.29 is 0 Å². The average Bonchev–Trinajstić information content (AvgIpc) is 4.00. The monoisotopic (exact) mass is 820 g/mol. The molecule has 63 heavy (non-hydrogen) atoms. The minimum atomic E-state index is -0.514. The Balaban J connectivity index is 1.03. The first-order chi connectivity index (χ1) is 31.2. The molecule has 0 radical (unpaired) electrons. The van der Waals surface area contributed by atoms with Crippen LogP contribution in [0.5, 0.6) is 0 Å². The van der Waals surface area contributed by atoms with E-state index in [-0.39, 0.29) is 0 Å². The van der Waals surface area contributed by atoms with E-state index in [2.05, 4.69) is 205 Å². The van der Waals surface area contributed by atoms with Crippen LogP contribution in [0.25, 0.3) is 93.0 Å². The second kappa shape index (κ2) is 14.0. The zero-order chi connectivity index (χ0) is 41.5. The van der Waals surface area contributed by atoms with E-state index in [4.69, 9.17) is 15.0 Å². The average molecular weight is 821 g/mol. The van der Waals surface area contributed by atoms with Gasteiger partial charge < -0.3 is 4.57 Å². The van der Waals surface area contributed by atoms with Gasteiger partial charge in [-0.25, -0.2) is 15.0 Å². The van der Waals surface area contributed by atoms with Crippen molar-refractivity contribution in [3.8, 4) is 51.0 Å². The molecule has 4 nitrogen and oxygen atoms in total. The van der Waals surface area contributed by atoms with E-state index in [1.807, 2.05) is 18.2 Å². The molecule has 0 fully saturated rings. The summed E-state index contributed by atoms with van der Waals surface area (Å²) in [5.41, 5.74) is 13.2. The van der Waals surface area contributed by atoms with Gasteiger partial charge in [-0.3, -0.25) is 0 Å². The van der Waals surface area contributed by atoms with Crippen LogP contribution < -0.4 is 0 Å². The van der Waals surface area contributed by atoms with Gasteiger partial charge in [-0.2, -0.15) is 0 Å². The molecule has 5 heteroatoms. The number of rotatable bonds is 6. The summed E-state index contributed by atoms with van der Waals surface area (Å²) in [7, 11) is 0. The van der Waals surface area contributed by atoms with Crippen molar-refractivity contribution in [3.63, 3.8) is 0 Å². The van der Waals surface area contributed by atoms with Crippen molar-refractivity contribution in [1.29, 1.82) is 0 Å². The highest BCUT2D eigenvalue weighted by molar-refractivity contribution is 7.25. The van der Waals surface area contributed by atoms with Crippen LogP contribution in [0, 0.1) is 0 Å². The van der Waals surface area contributed by atoms with Gasteiger partial charge in [-0.15, -0.1) is 11.3 Å². The van der Waals surface area contributed by atoms with Crippen LogP contribution in [-0.4, -0.2) is 19.5 Å². The molecule has 9 aromatic carbocycles. The van der Waals surface area contributed by atoms with E-state index in [0.717, 1.165) is 33.4 Å². The fourth-order valence-electron chi connectivity index (χ4n) is 10.2. The Morgan fingerprint density at radius 1 is 0.349 bits per heavy atom. The predicted molar refractivity (Wildman–Crippen MR) is 261 cm³/mol. The van der Waals surface area contributed by atoms with E-state index in [1.54, 1.807) is 11.3 Å². The predicted octanol–water partition coefficient (Wildman–Crippen LogP) is 14.7. The Hall–Kier alpha value is -7.99. The van der Waals surface area contributed by atoms with Crippen LogP contribution in [0.3, 0.4) is 0 Å². The van der Waals surface area contributed by atoms with Gasteiger partial charge >= 0.3 is 0 Å². The highest BCUT2D eigenvalue weighted by Crippen LogP contribution is 2.57. The van der Waals surface area contributed by atoms with Crippen LogP contribution in [0.1, 0.15) is 22.3 Å². The van der Waals surface area contributed by atoms with Crippen molar-refractivity contribution in [2.45, 2.75) is 5.41 Å². The molecule has 1 aliphatic rings. The summed E-state index contributed by atoms with van der Waals surface area (Å²) in [6, 6.07) is 78.8. The number of para-hydroxylation sites is 1. The number of hydrogen-bond acceptors (Lipinski definition) is 4. The van der Waals surface area contributed by atoms with E-state index < -0.39 is 5.41 Å². The summed E-state index contributed by atoms with van der Waals surface area (Å²) in [6.07, 6.45) is 0. The van der Waals surface area contributed by atoms with Crippen LogP contribution in [0.2, 0.25) is 0 Å². The van der Waals surface area contributed by atoms with Crippen molar-refractivity contribution >= 4 is 53.3 Å². The third-order valence-corrected chi connectivity index (χ3v) is 14.1. The Labute approximate surface area is 368 Å². The third-order valence-electron chi connectivity index (χ3n) is 12.9. The van der Waals surface area contributed by atoms with Crippen LogP contribution in [0.15, 0.2) is 218 Å². The Kier molecular flexibility index (Phi) is 7.96. The van der Waals surface area contributed by atoms with Crippen molar-refractivity contribution in [2.24, 2.45) is 0 Å². The summed E-state index contributed by atoms with van der Waals surface area (Å²) in [5.74, 6) is 1.91. The molecule has 13 rings (SSSR count). The van der Waals surface area contributed by atoms with Gasteiger partial charge in [0.05, 0.1) is 16.4 Å². The number of thiophene rings is 1. The SMILES string of the molecule is c1ccc(-c2nc(-c3cccc(-n4c5ccccc5c5cc6c(cc54)C(c4ccccc4)(c4ccccc4)c4ccccc4-6)c3)nc(-c3ccc4c(c3)sc3ccccc34)n2)cc1. The molecule has 294 valence electrons. The zero-order valence-electron chi connectivity index (χ0n) is 34.0. The summed E-state index contributed by atoms with van der Waals surface area (Å²) in [6.45, 7) is 0. The number of nitrogens with zero attached hydrogens (tertiary/aromatic N) is 4. The molecule has 0 unspecified atom stereocenters. The first-order valence-electron chi connectivity index (χ1n) is 21.3. The fraction of sp³-hybridized carbons (Fsp3) is 0.0172.